The summed E-state index contributed by atoms with van der Waals surface area (Å²) in [6.45, 7) is 7.08. The molecule has 1 nitrogen and oxygen atoms in total. The molecular formula is C12H18BrNS. The molecule has 2 rings (SSSR count). The lowest BCUT2D eigenvalue weighted by molar-refractivity contribution is 0.200. The van der Waals surface area contributed by atoms with Crippen LogP contribution in [0.4, 0.5) is 0 Å². The summed E-state index contributed by atoms with van der Waals surface area (Å²) in [6, 6.07) is 2.94. The first-order valence-corrected chi connectivity index (χ1v) is 7.31. The van der Waals surface area contributed by atoms with Gasteiger partial charge in [-0.15, -0.1) is 11.3 Å². The van der Waals surface area contributed by atoms with Crippen molar-refractivity contribution in [2.45, 2.75) is 39.3 Å². The lowest BCUT2D eigenvalue weighted by atomic mass is 10.0. The molecule has 0 N–H and O–H groups in total. The molecule has 1 unspecified atom stereocenters. The number of hydrogen-bond donors (Lipinski definition) is 0. The quantitative estimate of drug-likeness (QED) is 0.808. The van der Waals surface area contributed by atoms with Crippen molar-refractivity contribution in [3.63, 3.8) is 0 Å². The van der Waals surface area contributed by atoms with Crippen LogP contribution in [0.5, 0.6) is 0 Å². The minimum atomic E-state index is 0.784. The van der Waals surface area contributed by atoms with E-state index in [1.807, 2.05) is 11.3 Å². The maximum absolute atomic E-state index is 3.61. The summed E-state index contributed by atoms with van der Waals surface area (Å²) < 4.78 is 1.28. The van der Waals surface area contributed by atoms with Crippen LogP contribution < -0.4 is 0 Å². The molecule has 1 aliphatic heterocycles. The summed E-state index contributed by atoms with van der Waals surface area (Å²) in [5.41, 5.74) is 0. The van der Waals surface area contributed by atoms with E-state index in [9.17, 15) is 0 Å². The third-order valence-corrected chi connectivity index (χ3v) is 5.13. The van der Waals surface area contributed by atoms with Gasteiger partial charge in [0, 0.05) is 21.9 Å². The Hall–Kier alpha value is 0.140. The van der Waals surface area contributed by atoms with Gasteiger partial charge < -0.3 is 0 Å². The van der Waals surface area contributed by atoms with Crippen molar-refractivity contribution in [3.05, 3.63) is 20.8 Å². The van der Waals surface area contributed by atoms with Gasteiger partial charge in [0.05, 0.1) is 0 Å². The maximum atomic E-state index is 3.61. The first-order chi connectivity index (χ1) is 7.18. The van der Waals surface area contributed by atoms with Crippen LogP contribution in [0.3, 0.4) is 0 Å². The number of hydrogen-bond acceptors (Lipinski definition) is 2. The van der Waals surface area contributed by atoms with Gasteiger partial charge in [0.25, 0.3) is 0 Å². The van der Waals surface area contributed by atoms with Crippen molar-refractivity contribution in [1.29, 1.82) is 0 Å². The Labute approximate surface area is 105 Å². The van der Waals surface area contributed by atoms with E-state index in [1.165, 1.54) is 28.7 Å². The van der Waals surface area contributed by atoms with Crippen LogP contribution >= 0.6 is 27.3 Å². The topological polar surface area (TPSA) is 3.24 Å². The van der Waals surface area contributed by atoms with Crippen LogP contribution in [0.25, 0.3) is 0 Å². The molecule has 15 heavy (non-hydrogen) atoms. The third kappa shape index (κ3) is 2.63. The summed E-state index contributed by atoms with van der Waals surface area (Å²) >= 11 is 5.48. The number of rotatable bonds is 3. The second-order valence-corrected chi connectivity index (χ2v) is 6.47. The maximum Gasteiger partial charge on any atom is 0.0342 e. The zero-order chi connectivity index (χ0) is 10.8. The number of nitrogens with zero attached hydrogens (tertiary/aromatic N) is 1. The Balaban J connectivity index is 2.02. The molecule has 1 aromatic rings. The van der Waals surface area contributed by atoms with Crippen LogP contribution in [0.2, 0.25) is 0 Å². The molecule has 1 saturated heterocycles. The number of halogens is 1. The Morgan fingerprint density at radius 3 is 3.00 bits per heavy atom. The van der Waals surface area contributed by atoms with Crippen LogP contribution in [-0.4, -0.2) is 17.5 Å². The smallest absolute Gasteiger partial charge is 0.0342 e. The molecule has 1 aliphatic rings. The van der Waals surface area contributed by atoms with Gasteiger partial charge in [-0.1, -0.05) is 13.8 Å². The van der Waals surface area contributed by atoms with Gasteiger partial charge >= 0.3 is 0 Å². The minimum absolute atomic E-state index is 0.784. The van der Waals surface area contributed by atoms with Crippen molar-refractivity contribution < 1.29 is 0 Å². The van der Waals surface area contributed by atoms with E-state index >= 15 is 0 Å². The standard InChI is InChI=1S/C12H18BrNS/c1-9(2)11-4-3-6-14(11)8-12-10(13)5-7-15-12/h5,7,9,11H,3-4,6,8H2,1-2H3. The van der Waals surface area contributed by atoms with Gasteiger partial charge in [-0.3, -0.25) is 4.90 Å². The minimum Gasteiger partial charge on any atom is -0.295 e. The van der Waals surface area contributed by atoms with Crippen LogP contribution in [0, 0.1) is 5.92 Å². The molecule has 84 valence electrons. The summed E-state index contributed by atoms with van der Waals surface area (Å²) in [5, 5.41) is 2.17. The van der Waals surface area contributed by atoms with E-state index < -0.39 is 0 Å². The van der Waals surface area contributed by atoms with Crippen molar-refractivity contribution in [3.8, 4) is 0 Å². The highest BCUT2D eigenvalue weighted by Crippen LogP contribution is 2.30. The summed E-state index contributed by atoms with van der Waals surface area (Å²) in [5.74, 6) is 0.784. The van der Waals surface area contributed by atoms with Gasteiger partial charge in [-0.25, -0.2) is 0 Å². The van der Waals surface area contributed by atoms with Gasteiger partial charge in [0.15, 0.2) is 0 Å². The van der Waals surface area contributed by atoms with E-state index in [0.29, 0.717) is 0 Å². The zero-order valence-corrected chi connectivity index (χ0v) is 11.8. The molecule has 0 amide bonds. The monoisotopic (exact) mass is 287 g/mol. The summed E-state index contributed by atoms with van der Waals surface area (Å²) in [4.78, 5) is 4.11. The molecule has 0 bridgehead atoms. The predicted octanol–water partition coefficient (Wildman–Crippen LogP) is 4.13. The van der Waals surface area contributed by atoms with Crippen molar-refractivity contribution in [1.82, 2.24) is 4.90 Å². The second-order valence-electron chi connectivity index (χ2n) is 4.62. The van der Waals surface area contributed by atoms with Gasteiger partial charge in [0.2, 0.25) is 0 Å². The predicted molar refractivity (Wildman–Crippen MR) is 70.3 cm³/mol. The Morgan fingerprint density at radius 1 is 1.60 bits per heavy atom. The van der Waals surface area contributed by atoms with Crippen LogP contribution in [0.1, 0.15) is 31.6 Å². The zero-order valence-electron chi connectivity index (χ0n) is 9.37. The molecule has 0 saturated carbocycles. The molecule has 1 aromatic heterocycles. The molecule has 0 spiro atoms. The largest absolute Gasteiger partial charge is 0.295 e. The van der Waals surface area contributed by atoms with Crippen LogP contribution in [0.15, 0.2) is 15.9 Å². The highest BCUT2D eigenvalue weighted by molar-refractivity contribution is 9.10. The number of thiophene rings is 1. The van der Waals surface area contributed by atoms with Crippen LogP contribution in [-0.2, 0) is 6.54 Å². The van der Waals surface area contributed by atoms with Gasteiger partial charge in [-0.2, -0.15) is 0 Å². The summed E-state index contributed by atoms with van der Waals surface area (Å²) in [6.07, 6.45) is 2.74. The Morgan fingerprint density at radius 2 is 2.40 bits per heavy atom. The highest BCUT2D eigenvalue weighted by Gasteiger charge is 2.27. The molecule has 0 aliphatic carbocycles. The fourth-order valence-electron chi connectivity index (χ4n) is 2.43. The molecule has 1 fully saturated rings. The molecule has 2 heterocycles. The summed E-state index contributed by atoms with van der Waals surface area (Å²) in [7, 11) is 0. The molecule has 0 radical (unpaired) electrons. The SMILES string of the molecule is CC(C)C1CCCN1Cc1sccc1Br. The highest BCUT2D eigenvalue weighted by atomic mass is 79.9. The van der Waals surface area contributed by atoms with E-state index in [4.69, 9.17) is 0 Å². The fraction of sp³-hybridized carbons (Fsp3) is 0.667. The van der Waals surface area contributed by atoms with E-state index in [1.54, 1.807) is 0 Å². The van der Waals surface area contributed by atoms with Gasteiger partial charge in [-0.05, 0) is 52.7 Å². The van der Waals surface area contributed by atoms with Crippen molar-refractivity contribution in [2.24, 2.45) is 5.92 Å². The van der Waals surface area contributed by atoms with E-state index in [-0.39, 0.29) is 0 Å². The lowest BCUT2D eigenvalue weighted by Crippen LogP contribution is -2.32. The van der Waals surface area contributed by atoms with E-state index in [0.717, 1.165) is 18.5 Å². The van der Waals surface area contributed by atoms with Crippen molar-refractivity contribution >= 4 is 27.3 Å². The average molecular weight is 288 g/mol. The molecular weight excluding hydrogens is 270 g/mol. The average Bonchev–Trinajstić information content (AvgIpc) is 2.77. The Kier molecular flexibility index (Phi) is 3.86. The Bertz CT molecular complexity index is 321. The molecule has 0 aromatic carbocycles. The third-order valence-electron chi connectivity index (χ3n) is 3.22. The fourth-order valence-corrected chi connectivity index (χ4v) is 3.93. The lowest BCUT2D eigenvalue weighted by Gasteiger charge is -2.27. The molecule has 1 atom stereocenters. The first kappa shape index (κ1) is 11.6. The van der Waals surface area contributed by atoms with Crippen molar-refractivity contribution in [2.75, 3.05) is 6.54 Å². The first-order valence-electron chi connectivity index (χ1n) is 5.64. The van der Waals surface area contributed by atoms with Gasteiger partial charge in [0.1, 0.15) is 0 Å². The van der Waals surface area contributed by atoms with E-state index in [2.05, 4.69) is 46.1 Å². The normalized spacial score (nSPS) is 22.8. The number of likely N-dealkylation sites (tertiary alicyclic amines) is 1. The second kappa shape index (κ2) is 4.98. The molecule has 3 heteroatoms.